The second kappa shape index (κ2) is 5.12. The van der Waals surface area contributed by atoms with Gasteiger partial charge in [0.15, 0.2) is 0 Å². The number of hydrogen-bond acceptors (Lipinski definition) is 3. The molecule has 2 aromatic heterocycles. The van der Waals surface area contributed by atoms with Crippen LogP contribution in [0.3, 0.4) is 0 Å². The van der Waals surface area contributed by atoms with E-state index >= 15 is 0 Å². The van der Waals surface area contributed by atoms with Gasteiger partial charge >= 0.3 is 0 Å². The van der Waals surface area contributed by atoms with Crippen molar-refractivity contribution in [3.05, 3.63) is 42.7 Å². The van der Waals surface area contributed by atoms with Crippen LogP contribution >= 0.6 is 38.6 Å². The smallest absolute Gasteiger partial charge is 0.261 e. The van der Waals surface area contributed by atoms with Crippen molar-refractivity contribution in [2.45, 2.75) is 13.5 Å². The molecule has 0 aliphatic heterocycles. The minimum Gasteiger partial charge on any atom is -0.346 e. The van der Waals surface area contributed by atoms with Crippen LogP contribution in [0.25, 0.3) is 0 Å². The third-order valence-electron chi connectivity index (χ3n) is 2.08. The molecule has 0 saturated heterocycles. The standard InChI is InChI=1S/C11H10BrNOS2/c1-7-5-9(16-10(7)12)11(14)13-6-8-3-2-4-15-8/h2-5H,6H2,1H3,(H,13,14). The van der Waals surface area contributed by atoms with Crippen molar-refractivity contribution in [1.82, 2.24) is 5.32 Å². The average Bonchev–Trinajstić information content (AvgIpc) is 2.86. The highest BCUT2D eigenvalue weighted by Gasteiger charge is 2.10. The van der Waals surface area contributed by atoms with E-state index in [1.165, 1.54) is 16.2 Å². The van der Waals surface area contributed by atoms with E-state index in [0.29, 0.717) is 6.54 Å². The van der Waals surface area contributed by atoms with E-state index in [1.54, 1.807) is 11.3 Å². The Hall–Kier alpha value is -0.650. The molecule has 2 rings (SSSR count). The summed E-state index contributed by atoms with van der Waals surface area (Å²) in [5, 5.41) is 4.91. The van der Waals surface area contributed by atoms with Gasteiger partial charge in [0.2, 0.25) is 0 Å². The van der Waals surface area contributed by atoms with Crippen LogP contribution < -0.4 is 5.32 Å². The number of aryl methyl sites for hydroxylation is 1. The molecule has 84 valence electrons. The zero-order chi connectivity index (χ0) is 11.5. The summed E-state index contributed by atoms with van der Waals surface area (Å²) in [6.45, 7) is 2.59. The summed E-state index contributed by atoms with van der Waals surface area (Å²) >= 11 is 6.53. The molecule has 2 nitrogen and oxygen atoms in total. The first-order valence-corrected chi connectivity index (χ1v) is 7.22. The normalized spacial score (nSPS) is 10.4. The third-order valence-corrected chi connectivity index (χ3v) is 5.10. The number of hydrogen-bond donors (Lipinski definition) is 1. The highest BCUT2D eigenvalue weighted by atomic mass is 79.9. The van der Waals surface area contributed by atoms with Crippen molar-refractivity contribution in [2.75, 3.05) is 0 Å². The van der Waals surface area contributed by atoms with Crippen LogP contribution in [0, 0.1) is 6.92 Å². The Balaban J connectivity index is 1.98. The molecular weight excluding hydrogens is 306 g/mol. The first-order chi connectivity index (χ1) is 7.66. The van der Waals surface area contributed by atoms with Gasteiger partial charge in [-0.05, 0) is 45.9 Å². The van der Waals surface area contributed by atoms with E-state index in [9.17, 15) is 4.79 Å². The minimum atomic E-state index is -0.00722. The van der Waals surface area contributed by atoms with Gasteiger partial charge in [-0.25, -0.2) is 0 Å². The number of thiophene rings is 2. The molecule has 1 amide bonds. The molecule has 2 aromatic rings. The summed E-state index contributed by atoms with van der Waals surface area (Å²) in [6, 6.07) is 5.90. The topological polar surface area (TPSA) is 29.1 Å². The molecule has 0 saturated carbocycles. The maximum absolute atomic E-state index is 11.8. The maximum atomic E-state index is 11.8. The van der Waals surface area contributed by atoms with Gasteiger partial charge in [-0.15, -0.1) is 22.7 Å². The number of halogens is 1. The van der Waals surface area contributed by atoms with Gasteiger partial charge in [0.25, 0.3) is 5.91 Å². The highest BCUT2D eigenvalue weighted by Crippen LogP contribution is 2.27. The van der Waals surface area contributed by atoms with Crippen LogP contribution in [0.15, 0.2) is 27.4 Å². The van der Waals surface area contributed by atoms with Crippen LogP contribution in [0.4, 0.5) is 0 Å². The fourth-order valence-corrected chi connectivity index (χ4v) is 3.34. The first-order valence-electron chi connectivity index (χ1n) is 4.73. The van der Waals surface area contributed by atoms with Gasteiger partial charge < -0.3 is 5.32 Å². The van der Waals surface area contributed by atoms with Crippen molar-refractivity contribution in [2.24, 2.45) is 0 Å². The second-order valence-corrected chi connectivity index (χ2v) is 6.73. The van der Waals surface area contributed by atoms with Gasteiger partial charge in [0.1, 0.15) is 0 Å². The number of carbonyl (C=O) groups excluding carboxylic acids is 1. The number of rotatable bonds is 3. The molecule has 0 bridgehead atoms. The largest absolute Gasteiger partial charge is 0.346 e. The fourth-order valence-electron chi connectivity index (χ4n) is 1.24. The molecule has 16 heavy (non-hydrogen) atoms. The zero-order valence-corrected chi connectivity index (χ0v) is 11.8. The van der Waals surface area contributed by atoms with E-state index in [1.807, 2.05) is 30.5 Å². The Kier molecular flexibility index (Phi) is 3.78. The molecule has 0 spiro atoms. The van der Waals surface area contributed by atoms with Crippen LogP contribution in [0.2, 0.25) is 0 Å². The summed E-state index contributed by atoms with van der Waals surface area (Å²) in [5.41, 5.74) is 1.10. The summed E-state index contributed by atoms with van der Waals surface area (Å²) in [4.78, 5) is 13.7. The molecular formula is C11H10BrNOS2. The molecule has 0 radical (unpaired) electrons. The van der Waals surface area contributed by atoms with E-state index in [4.69, 9.17) is 0 Å². The number of amides is 1. The monoisotopic (exact) mass is 315 g/mol. The fraction of sp³-hybridized carbons (Fsp3) is 0.182. The lowest BCUT2D eigenvalue weighted by molar-refractivity contribution is 0.0955. The molecule has 0 fully saturated rings. The van der Waals surface area contributed by atoms with E-state index < -0.39 is 0 Å². The molecule has 2 heterocycles. The summed E-state index contributed by atoms with van der Waals surface area (Å²) in [7, 11) is 0. The first kappa shape index (κ1) is 11.8. The molecule has 0 aliphatic carbocycles. The summed E-state index contributed by atoms with van der Waals surface area (Å²) < 4.78 is 1.02. The zero-order valence-electron chi connectivity index (χ0n) is 8.62. The van der Waals surface area contributed by atoms with Crippen LogP contribution in [-0.2, 0) is 6.54 Å². The Bertz CT molecular complexity index is 471. The van der Waals surface area contributed by atoms with Crippen LogP contribution in [0.1, 0.15) is 20.1 Å². The number of carbonyl (C=O) groups is 1. The molecule has 0 aliphatic rings. The quantitative estimate of drug-likeness (QED) is 0.916. The maximum Gasteiger partial charge on any atom is 0.261 e. The van der Waals surface area contributed by atoms with Gasteiger partial charge in [-0.2, -0.15) is 0 Å². The molecule has 1 N–H and O–H groups in total. The SMILES string of the molecule is Cc1cc(C(=O)NCc2cccs2)sc1Br. The van der Waals surface area contributed by atoms with Crippen LogP contribution in [0.5, 0.6) is 0 Å². The van der Waals surface area contributed by atoms with E-state index in [2.05, 4.69) is 21.2 Å². The molecule has 5 heteroatoms. The Morgan fingerprint density at radius 1 is 1.56 bits per heavy atom. The van der Waals surface area contributed by atoms with Gasteiger partial charge in [-0.3, -0.25) is 4.79 Å². The van der Waals surface area contributed by atoms with Gasteiger partial charge in [0, 0.05) is 4.88 Å². The van der Waals surface area contributed by atoms with Gasteiger partial charge in [0.05, 0.1) is 15.2 Å². The van der Waals surface area contributed by atoms with Crippen molar-refractivity contribution in [1.29, 1.82) is 0 Å². The van der Waals surface area contributed by atoms with E-state index in [-0.39, 0.29) is 5.91 Å². The summed E-state index contributed by atoms with van der Waals surface area (Å²) in [5.74, 6) is -0.00722. The minimum absolute atomic E-state index is 0.00722. The lowest BCUT2D eigenvalue weighted by Crippen LogP contribution is -2.21. The van der Waals surface area contributed by atoms with Crippen molar-refractivity contribution >= 4 is 44.5 Å². The highest BCUT2D eigenvalue weighted by molar-refractivity contribution is 9.11. The molecule has 0 aromatic carbocycles. The van der Waals surface area contributed by atoms with E-state index in [0.717, 1.165) is 14.2 Å². The van der Waals surface area contributed by atoms with Crippen LogP contribution in [-0.4, -0.2) is 5.91 Å². The predicted octanol–water partition coefficient (Wildman–Crippen LogP) is 3.81. The molecule has 0 unspecified atom stereocenters. The van der Waals surface area contributed by atoms with Crippen molar-refractivity contribution < 1.29 is 4.79 Å². The van der Waals surface area contributed by atoms with Crippen molar-refractivity contribution in [3.8, 4) is 0 Å². The molecule has 0 atom stereocenters. The van der Waals surface area contributed by atoms with Crippen molar-refractivity contribution in [3.63, 3.8) is 0 Å². The Labute approximate surface area is 110 Å². The van der Waals surface area contributed by atoms with Gasteiger partial charge in [-0.1, -0.05) is 6.07 Å². The Morgan fingerprint density at radius 3 is 2.94 bits per heavy atom. The lowest BCUT2D eigenvalue weighted by Gasteiger charge is -2.00. The average molecular weight is 316 g/mol. The lowest BCUT2D eigenvalue weighted by atomic mass is 10.3. The second-order valence-electron chi connectivity index (χ2n) is 3.33. The Morgan fingerprint density at radius 2 is 2.38 bits per heavy atom. The summed E-state index contributed by atoms with van der Waals surface area (Å²) in [6.07, 6.45) is 0. The third kappa shape index (κ3) is 2.72. The predicted molar refractivity (Wildman–Crippen MR) is 72.2 cm³/mol. The number of nitrogens with one attached hydrogen (secondary N) is 1.